The highest BCUT2D eigenvalue weighted by Gasteiger charge is 2.76. The quantitative estimate of drug-likeness (QED) is 0.573. The maximum atomic E-state index is 6.04. The highest BCUT2D eigenvalue weighted by atomic mass is 35.5. The number of hydrogen-bond donors (Lipinski definition) is 0. The summed E-state index contributed by atoms with van der Waals surface area (Å²) in [5, 5.41) is 0. The van der Waals surface area contributed by atoms with Gasteiger partial charge in [0.1, 0.15) is 8.67 Å². The third kappa shape index (κ3) is 0.834. The molecule has 3 fully saturated rings. The van der Waals surface area contributed by atoms with Gasteiger partial charge >= 0.3 is 0 Å². The molecule has 4 unspecified atom stereocenters. The van der Waals surface area contributed by atoms with E-state index in [0.717, 1.165) is 6.42 Å². The van der Waals surface area contributed by atoms with Crippen LogP contribution in [0.2, 0.25) is 0 Å². The van der Waals surface area contributed by atoms with Gasteiger partial charge in [-0.2, -0.15) is 0 Å². The van der Waals surface area contributed by atoms with Crippen molar-refractivity contribution in [2.24, 2.45) is 23.7 Å². The molecule has 1 radical (unpaired) electrons. The van der Waals surface area contributed by atoms with Crippen molar-refractivity contribution in [2.75, 3.05) is 0 Å². The van der Waals surface area contributed by atoms with E-state index in [0.29, 0.717) is 23.7 Å². The Morgan fingerprint density at radius 2 is 1.33 bits per heavy atom. The van der Waals surface area contributed by atoms with Crippen molar-refractivity contribution >= 4 is 46.4 Å². The molecule has 0 amide bonds. The smallest absolute Gasteiger partial charge is 0.101 e. The van der Waals surface area contributed by atoms with Crippen LogP contribution in [0.5, 0.6) is 0 Å². The van der Waals surface area contributed by atoms with Crippen LogP contribution in [0.4, 0.5) is 0 Å². The first kappa shape index (κ1) is 8.47. The minimum Gasteiger partial charge on any atom is -0.101 e. The van der Waals surface area contributed by atoms with E-state index in [1.165, 1.54) is 0 Å². The highest BCUT2D eigenvalue weighted by Crippen LogP contribution is 2.77. The fourth-order valence-corrected chi connectivity index (χ4v) is 4.01. The van der Waals surface area contributed by atoms with Crippen LogP contribution in [-0.4, -0.2) is 8.67 Å². The summed E-state index contributed by atoms with van der Waals surface area (Å²) in [6.07, 6.45) is 3.14. The summed E-state index contributed by atoms with van der Waals surface area (Å²) < 4.78 is -1.01. The van der Waals surface area contributed by atoms with Crippen molar-refractivity contribution in [1.82, 2.24) is 0 Å². The minimum atomic E-state index is -0.503. The van der Waals surface area contributed by atoms with Crippen LogP contribution in [0.25, 0.3) is 0 Å². The van der Waals surface area contributed by atoms with Crippen molar-refractivity contribution in [1.29, 1.82) is 0 Å². The van der Waals surface area contributed by atoms with E-state index < -0.39 is 8.67 Å². The van der Waals surface area contributed by atoms with E-state index >= 15 is 0 Å². The lowest BCUT2D eigenvalue weighted by atomic mass is 10.0. The minimum absolute atomic E-state index is 0.335. The molecule has 0 nitrogen and oxygen atoms in total. The number of alkyl halides is 4. The van der Waals surface area contributed by atoms with Crippen molar-refractivity contribution in [3.05, 3.63) is 6.42 Å². The Morgan fingerprint density at radius 3 is 1.67 bits per heavy atom. The second-order valence-corrected chi connectivity index (χ2v) is 6.93. The van der Waals surface area contributed by atoms with Crippen molar-refractivity contribution in [3.63, 3.8) is 0 Å². The largest absolute Gasteiger partial charge is 0.125 e. The van der Waals surface area contributed by atoms with Gasteiger partial charge in [-0.15, -0.1) is 46.4 Å². The third-order valence-corrected chi connectivity index (χ3v) is 5.58. The van der Waals surface area contributed by atoms with Crippen LogP contribution < -0.4 is 0 Å². The Hall–Kier alpha value is 1.16. The molecule has 3 rings (SSSR count). The normalized spacial score (nSPS) is 57.0. The van der Waals surface area contributed by atoms with E-state index in [4.69, 9.17) is 46.4 Å². The first-order valence-electron chi connectivity index (χ1n) is 4.06. The number of hydrogen-bond acceptors (Lipinski definition) is 0. The molecule has 12 heavy (non-hydrogen) atoms. The Bertz CT molecular complexity index is 201. The van der Waals surface area contributed by atoms with Crippen LogP contribution in [0.3, 0.4) is 0 Å². The van der Waals surface area contributed by atoms with Crippen LogP contribution in [-0.2, 0) is 0 Å². The molecule has 0 aliphatic heterocycles. The molecule has 0 saturated heterocycles. The molecule has 67 valence electrons. The summed E-state index contributed by atoms with van der Waals surface area (Å²) >= 11 is 24.2. The van der Waals surface area contributed by atoms with E-state index in [9.17, 15) is 0 Å². The number of rotatable bonds is 0. The first-order valence-corrected chi connectivity index (χ1v) is 5.57. The standard InChI is InChI=1S/C8H7Cl4/c9-7(10)3-1-4-6(2-5(3)7)8(4,11)12/h1,3-6H,2H2. The average molecular weight is 245 g/mol. The van der Waals surface area contributed by atoms with Crippen LogP contribution in [0, 0.1) is 30.1 Å². The Balaban J connectivity index is 1.80. The summed E-state index contributed by atoms with van der Waals surface area (Å²) in [5.74, 6) is 1.48. The molecule has 0 aromatic rings. The summed E-state index contributed by atoms with van der Waals surface area (Å²) in [6.45, 7) is 0. The SMILES string of the molecule is ClC1(Cl)C2[CH]C3C(CC21)C3(Cl)Cl. The average Bonchev–Trinajstić information content (AvgIpc) is 2.72. The predicted octanol–water partition coefficient (Wildman–Crippen LogP) is 3.43. The lowest BCUT2D eigenvalue weighted by Crippen LogP contribution is -1.97. The summed E-state index contributed by atoms with van der Waals surface area (Å²) in [5.41, 5.74) is 0. The topological polar surface area (TPSA) is 0 Å². The Morgan fingerprint density at radius 1 is 0.917 bits per heavy atom. The van der Waals surface area contributed by atoms with E-state index in [1.807, 2.05) is 0 Å². The number of halogens is 4. The van der Waals surface area contributed by atoms with E-state index in [2.05, 4.69) is 6.42 Å². The summed E-state index contributed by atoms with van der Waals surface area (Å²) in [4.78, 5) is 0. The molecular formula is C8H7Cl4. The zero-order chi connectivity index (χ0) is 8.72. The monoisotopic (exact) mass is 243 g/mol. The van der Waals surface area contributed by atoms with Gasteiger partial charge in [-0.1, -0.05) is 0 Å². The second kappa shape index (κ2) is 2.05. The predicted molar refractivity (Wildman–Crippen MR) is 51.8 cm³/mol. The summed E-state index contributed by atoms with van der Waals surface area (Å²) in [6, 6.07) is 0. The fraction of sp³-hybridized carbons (Fsp3) is 0.875. The molecule has 4 heteroatoms. The molecule has 0 aromatic heterocycles. The molecule has 3 aliphatic carbocycles. The van der Waals surface area contributed by atoms with Crippen LogP contribution in [0.15, 0.2) is 0 Å². The molecule has 3 aliphatic rings. The molecule has 0 spiro atoms. The molecule has 4 atom stereocenters. The molecule has 0 aromatic carbocycles. The van der Waals surface area contributed by atoms with Gasteiger partial charge in [0.25, 0.3) is 0 Å². The lowest BCUT2D eigenvalue weighted by molar-refractivity contribution is 0.536. The maximum Gasteiger partial charge on any atom is 0.125 e. The van der Waals surface area contributed by atoms with Crippen molar-refractivity contribution < 1.29 is 0 Å². The third-order valence-electron chi connectivity index (χ3n) is 3.45. The zero-order valence-corrected chi connectivity index (χ0v) is 9.13. The Kier molecular flexibility index (Phi) is 1.45. The molecule has 0 bridgehead atoms. The van der Waals surface area contributed by atoms with Crippen LogP contribution in [0.1, 0.15) is 6.42 Å². The van der Waals surface area contributed by atoms with Gasteiger partial charge in [0.15, 0.2) is 0 Å². The first-order chi connectivity index (χ1) is 5.45. The fourth-order valence-electron chi connectivity index (χ4n) is 2.46. The molecule has 0 heterocycles. The van der Waals surface area contributed by atoms with Gasteiger partial charge in [0, 0.05) is 11.8 Å². The molecule has 3 saturated carbocycles. The maximum absolute atomic E-state index is 6.04. The van der Waals surface area contributed by atoms with Crippen molar-refractivity contribution in [3.8, 4) is 0 Å². The second-order valence-electron chi connectivity index (χ2n) is 4.04. The number of fused-ring (bicyclic) bond motifs is 2. The Labute approximate surface area is 91.5 Å². The molecular weight excluding hydrogens is 238 g/mol. The van der Waals surface area contributed by atoms with Gasteiger partial charge in [0.2, 0.25) is 0 Å². The van der Waals surface area contributed by atoms with E-state index in [1.54, 1.807) is 0 Å². The van der Waals surface area contributed by atoms with Gasteiger partial charge < -0.3 is 0 Å². The highest BCUT2D eigenvalue weighted by molar-refractivity contribution is 6.53. The van der Waals surface area contributed by atoms with Gasteiger partial charge in [-0.05, 0) is 24.7 Å². The summed E-state index contributed by atoms with van der Waals surface area (Å²) in [7, 11) is 0. The van der Waals surface area contributed by atoms with Crippen molar-refractivity contribution in [2.45, 2.75) is 15.1 Å². The van der Waals surface area contributed by atoms with Gasteiger partial charge in [-0.3, -0.25) is 0 Å². The zero-order valence-electron chi connectivity index (χ0n) is 6.11. The molecule has 0 N–H and O–H groups in total. The van der Waals surface area contributed by atoms with Gasteiger partial charge in [-0.25, -0.2) is 0 Å². The lowest BCUT2D eigenvalue weighted by Gasteiger charge is -2.01. The van der Waals surface area contributed by atoms with Crippen LogP contribution >= 0.6 is 46.4 Å². The van der Waals surface area contributed by atoms with E-state index in [-0.39, 0.29) is 0 Å². The van der Waals surface area contributed by atoms with Gasteiger partial charge in [0.05, 0.1) is 0 Å².